The summed E-state index contributed by atoms with van der Waals surface area (Å²) in [4.78, 5) is 0. The van der Waals surface area contributed by atoms with Crippen molar-refractivity contribution in [3.63, 3.8) is 0 Å². The molecule has 6 aliphatic rings. The first kappa shape index (κ1) is 64.6. The fourth-order valence-electron chi connectivity index (χ4n) is 14.9. The minimum atomic E-state index is -7.09. The van der Waals surface area contributed by atoms with Crippen molar-refractivity contribution in [1.29, 1.82) is 0 Å². The normalized spacial score (nSPS) is 21.5. The maximum atomic E-state index is 16.3. The fraction of sp³-hybridized carbons (Fsp3) is 0.0732. The number of hydrogen-bond acceptors (Lipinski definition) is 8. The Hall–Kier alpha value is -10.5. The average Bonchev–Trinajstić information content (AvgIpc) is 1.58. The topological polar surface area (TPSA) is 142 Å². The molecule has 21 heteroatoms. The molecule has 4 aliphatic carbocycles. The zero-order valence-corrected chi connectivity index (χ0v) is 57.1. The van der Waals surface area contributed by atoms with Crippen LogP contribution in [0.4, 0.5) is 26.3 Å². The monoisotopic (exact) mass is 1450 g/mol. The van der Waals surface area contributed by atoms with Crippen LogP contribution in [-0.2, 0) is 29.1 Å². The van der Waals surface area contributed by atoms with E-state index in [2.05, 4.69) is 4.15 Å². The Morgan fingerprint density at radius 2 is 0.777 bits per heavy atom. The Balaban J connectivity index is 1.03. The molecular formula is C82H53F6N3O8P2S2. The molecule has 6 atom stereocenters. The Bertz CT molecular complexity index is 6390. The number of nitrogens with zero attached hydrogens (tertiary/aromatic N) is 2. The van der Waals surface area contributed by atoms with Gasteiger partial charge >= 0.3 is 46.4 Å². The van der Waals surface area contributed by atoms with Gasteiger partial charge in [-0.15, -0.1) is 9.01 Å². The Labute approximate surface area is 586 Å². The first-order valence-electron chi connectivity index (χ1n) is 32.8. The summed E-state index contributed by atoms with van der Waals surface area (Å²) < 4.78 is 198. The van der Waals surface area contributed by atoms with Gasteiger partial charge in [-0.3, -0.25) is 9.05 Å². The molecule has 11 nitrogen and oxygen atoms in total. The molecule has 18 rings (SSSR count). The van der Waals surface area contributed by atoms with E-state index < -0.39 is 70.4 Å². The summed E-state index contributed by atoms with van der Waals surface area (Å²) in [5, 5.41) is 7.95. The van der Waals surface area contributed by atoms with Crippen molar-refractivity contribution in [2.24, 2.45) is 20.5 Å². The third-order valence-electron chi connectivity index (χ3n) is 19.6. The number of alkyl halides is 6. The highest BCUT2D eigenvalue weighted by Gasteiger charge is 2.57. The van der Waals surface area contributed by atoms with Gasteiger partial charge in [-0.2, -0.15) is 34.8 Å². The van der Waals surface area contributed by atoms with Crippen molar-refractivity contribution in [1.82, 2.24) is 4.49 Å². The molecule has 12 aromatic carbocycles. The van der Waals surface area contributed by atoms with E-state index in [1.807, 2.05) is 182 Å². The SMILES string of the molecule is O=S(=O)(N=P1(N=P2(NS(=O)(=O)C(F)(F)F)Oc3c(-c4ccc5ccccc5c4)cc4ccccc4c3C3=C4C=CC=CC4C=C(c4ccc5ccccc5c4)C3O2)Oc2c(-c3ccc4ccccc4c3)cc3ccccc3c2C2=C3C=CC=CC3C=C(c3ccc4ccccc4c3)C2O1)C(F)(F)F. The van der Waals surface area contributed by atoms with Crippen LogP contribution >= 0.6 is 15.3 Å². The predicted octanol–water partition coefficient (Wildman–Crippen LogP) is 22.6. The van der Waals surface area contributed by atoms with E-state index in [4.69, 9.17) is 22.6 Å². The molecule has 508 valence electrons. The van der Waals surface area contributed by atoms with Gasteiger partial charge in [-0.05, 0) is 146 Å². The minimum Gasteiger partial charge on any atom is -0.425 e. The number of fused-ring (bicyclic) bond motifs is 16. The van der Waals surface area contributed by atoms with Crippen LogP contribution < -0.4 is 13.5 Å². The number of nitrogens with one attached hydrogen (secondary N) is 1. The number of rotatable bonds is 8. The Morgan fingerprint density at radius 1 is 0.398 bits per heavy atom. The van der Waals surface area contributed by atoms with Gasteiger partial charge in [-0.1, -0.05) is 259 Å². The zero-order chi connectivity index (χ0) is 70.4. The molecule has 0 amide bonds. The van der Waals surface area contributed by atoms with E-state index in [9.17, 15) is 0 Å². The first-order valence-corrected chi connectivity index (χ1v) is 38.9. The maximum absolute atomic E-state index is 16.3. The second-order valence-electron chi connectivity index (χ2n) is 25.8. The third-order valence-corrected chi connectivity index (χ3v) is 28.0. The van der Waals surface area contributed by atoms with E-state index >= 15 is 43.2 Å². The molecule has 0 saturated carbocycles. The van der Waals surface area contributed by atoms with Gasteiger partial charge in [0, 0.05) is 45.2 Å². The third kappa shape index (κ3) is 11.1. The summed E-state index contributed by atoms with van der Waals surface area (Å²) in [5.74, 6) is -1.98. The second kappa shape index (κ2) is 24.1. The highest BCUT2D eigenvalue weighted by atomic mass is 32.2. The fourth-order valence-corrected chi connectivity index (χ4v) is 23.3. The van der Waals surface area contributed by atoms with E-state index in [1.54, 1.807) is 114 Å². The summed E-state index contributed by atoms with van der Waals surface area (Å²) in [6.07, 6.45) is 14.5. The summed E-state index contributed by atoms with van der Waals surface area (Å²) in [5.41, 5.74) is -8.51. The standard InChI is InChI=1S/C82H53F6N3O8P2S2/c83-81(84,85)102(92,93)90-100(96-77-69(61-37-33-49-17-1-5-21-53(49)41-61)45-57-25-9-13-29-65(57)73(77)74-66-30-14-10-26-58(66)46-70(78(74)97-100)62-38-34-50-18-2-6-22-54(50)42-62)89-101(91-103(94,95)82(86,87)88)98-79-71(63-39-35-51-19-3-7-23-55(51)43-63)47-59-27-11-15-31-67(59)75(79)76-68-32-16-12-28-60(68)48-72(80(76)99-101)64-40-36-52-20-4-8-24-56(52)44-64/h1-48,57,59,77,79,90H. The summed E-state index contributed by atoms with van der Waals surface area (Å²) >= 11 is 0. The molecule has 0 spiro atoms. The first-order chi connectivity index (χ1) is 49.7. The second-order valence-corrected chi connectivity index (χ2v) is 33.6. The molecule has 0 bridgehead atoms. The van der Waals surface area contributed by atoms with Gasteiger partial charge in [0.05, 0.1) is 0 Å². The highest BCUT2D eigenvalue weighted by Crippen LogP contribution is 2.73. The van der Waals surface area contributed by atoms with E-state index in [0.717, 1.165) is 21.5 Å². The molecule has 2 aliphatic heterocycles. The van der Waals surface area contributed by atoms with Crippen LogP contribution in [0.5, 0.6) is 11.5 Å². The molecule has 0 fully saturated rings. The number of allylic oxidation sites excluding steroid dienone is 12. The van der Waals surface area contributed by atoms with Crippen LogP contribution in [0.3, 0.4) is 0 Å². The van der Waals surface area contributed by atoms with Gasteiger partial charge < -0.3 is 9.05 Å². The molecule has 12 aromatic rings. The molecule has 6 unspecified atom stereocenters. The molecule has 1 N–H and O–H groups in total. The number of benzene rings is 12. The van der Waals surface area contributed by atoms with E-state index in [-0.39, 0.29) is 56.0 Å². The van der Waals surface area contributed by atoms with Crippen LogP contribution in [0.2, 0.25) is 0 Å². The van der Waals surface area contributed by atoms with Crippen molar-refractivity contribution >= 4 is 122 Å². The molecule has 0 radical (unpaired) electrons. The van der Waals surface area contributed by atoms with Crippen molar-refractivity contribution in [3.8, 4) is 33.8 Å². The summed E-state index contributed by atoms with van der Waals surface area (Å²) in [7, 11) is -26.8. The van der Waals surface area contributed by atoms with E-state index in [0.29, 0.717) is 76.5 Å². The van der Waals surface area contributed by atoms with Gasteiger partial charge in [0.15, 0.2) is 0 Å². The van der Waals surface area contributed by atoms with Gasteiger partial charge in [0.25, 0.3) is 0 Å². The van der Waals surface area contributed by atoms with Crippen molar-refractivity contribution in [2.75, 3.05) is 0 Å². The largest absolute Gasteiger partial charge is 0.518 e. The van der Waals surface area contributed by atoms with Crippen LogP contribution in [0.15, 0.2) is 311 Å². The van der Waals surface area contributed by atoms with Crippen LogP contribution in [0.25, 0.3) is 109 Å². The van der Waals surface area contributed by atoms with Gasteiger partial charge in [0.1, 0.15) is 23.7 Å². The maximum Gasteiger partial charge on any atom is 0.518 e. The molecular weight excluding hydrogens is 1390 g/mol. The lowest BCUT2D eigenvalue weighted by molar-refractivity contribution is -0.0445. The lowest BCUT2D eigenvalue weighted by atomic mass is 9.74. The highest BCUT2D eigenvalue weighted by molar-refractivity contribution is 7.97. The van der Waals surface area contributed by atoms with Gasteiger partial charge in [0.2, 0.25) is 0 Å². The zero-order valence-electron chi connectivity index (χ0n) is 53.7. The number of halogens is 6. The molecule has 103 heavy (non-hydrogen) atoms. The quantitative estimate of drug-likeness (QED) is 0.117. The van der Waals surface area contributed by atoms with Crippen molar-refractivity contribution < 1.29 is 61.3 Å². The molecule has 0 aromatic heterocycles. The Morgan fingerprint density at radius 3 is 1.20 bits per heavy atom. The van der Waals surface area contributed by atoms with Crippen molar-refractivity contribution in [3.05, 3.63) is 325 Å². The van der Waals surface area contributed by atoms with Crippen LogP contribution in [0.1, 0.15) is 22.3 Å². The minimum absolute atomic E-state index is 0.120. The smallest absolute Gasteiger partial charge is 0.425 e. The summed E-state index contributed by atoms with van der Waals surface area (Å²) in [6, 6.07) is 68.8. The van der Waals surface area contributed by atoms with E-state index in [1.165, 1.54) is 0 Å². The van der Waals surface area contributed by atoms with Gasteiger partial charge in [-0.25, -0.2) is 8.42 Å². The summed E-state index contributed by atoms with van der Waals surface area (Å²) in [6.45, 7) is 0. The number of sulfonamides is 2. The molecule has 2 heterocycles. The van der Waals surface area contributed by atoms with Crippen molar-refractivity contribution in [2.45, 2.75) is 23.2 Å². The van der Waals surface area contributed by atoms with Crippen LogP contribution in [-0.4, -0.2) is 40.1 Å². The number of hydrogen-bond donors (Lipinski definition) is 1. The Kier molecular flexibility index (Phi) is 15.1. The lowest BCUT2D eigenvalue weighted by Gasteiger charge is -2.35. The molecule has 0 saturated heterocycles. The average molecular weight is 1450 g/mol. The lowest BCUT2D eigenvalue weighted by Crippen LogP contribution is -2.37. The van der Waals surface area contributed by atoms with Crippen LogP contribution in [0, 0.1) is 11.8 Å². The predicted molar refractivity (Wildman–Crippen MR) is 398 cm³/mol.